The summed E-state index contributed by atoms with van der Waals surface area (Å²) in [4.78, 5) is 11.1. The smallest absolute Gasteiger partial charge is 0.186 e. The van der Waals surface area contributed by atoms with Crippen LogP contribution in [0.3, 0.4) is 0 Å². The van der Waals surface area contributed by atoms with Gasteiger partial charge in [-0.25, -0.2) is 0 Å². The largest absolute Gasteiger partial charge is 0.382 e. The first-order valence-electron chi connectivity index (χ1n) is 3.94. The highest BCUT2D eigenvalue weighted by Gasteiger charge is 2.25. The molecule has 0 fully saturated rings. The Morgan fingerprint density at radius 2 is 2.18 bits per heavy atom. The second-order valence-corrected chi connectivity index (χ2v) is 2.89. The van der Waals surface area contributed by atoms with Crippen LogP contribution in [0.1, 0.15) is 33.6 Å². The Balaban J connectivity index is 4.17. The summed E-state index contributed by atoms with van der Waals surface area (Å²) < 4.78 is 0. The van der Waals surface area contributed by atoms with E-state index in [4.69, 9.17) is 0 Å². The molecule has 0 saturated heterocycles. The van der Waals surface area contributed by atoms with E-state index in [-0.39, 0.29) is 5.78 Å². The molecule has 11 heavy (non-hydrogen) atoms. The van der Waals surface area contributed by atoms with Crippen molar-refractivity contribution in [3.05, 3.63) is 12.2 Å². The average molecular weight is 156 g/mol. The van der Waals surface area contributed by atoms with Gasteiger partial charge in [0.25, 0.3) is 0 Å². The van der Waals surface area contributed by atoms with Gasteiger partial charge >= 0.3 is 0 Å². The first kappa shape index (κ1) is 10.4. The number of aliphatic hydroxyl groups is 1. The van der Waals surface area contributed by atoms with Crippen molar-refractivity contribution in [2.75, 3.05) is 0 Å². The van der Waals surface area contributed by atoms with Crippen LogP contribution in [-0.2, 0) is 4.79 Å². The van der Waals surface area contributed by atoms with Crippen molar-refractivity contribution >= 4 is 5.78 Å². The molecule has 0 aliphatic heterocycles. The van der Waals surface area contributed by atoms with Gasteiger partial charge in [-0.15, -0.1) is 0 Å². The molecule has 1 atom stereocenters. The quantitative estimate of drug-likeness (QED) is 0.629. The monoisotopic (exact) mass is 156 g/mol. The minimum Gasteiger partial charge on any atom is -0.382 e. The van der Waals surface area contributed by atoms with Gasteiger partial charge in [0, 0.05) is 0 Å². The van der Waals surface area contributed by atoms with E-state index in [1.54, 1.807) is 19.9 Å². The number of allylic oxidation sites excluding steroid dienone is 1. The highest BCUT2D eigenvalue weighted by molar-refractivity contribution is 5.96. The van der Waals surface area contributed by atoms with Crippen molar-refractivity contribution in [1.82, 2.24) is 0 Å². The molecule has 2 heteroatoms. The molecule has 0 radical (unpaired) electrons. The van der Waals surface area contributed by atoms with Crippen molar-refractivity contribution in [3.8, 4) is 0 Å². The van der Waals surface area contributed by atoms with Crippen LogP contribution < -0.4 is 0 Å². The van der Waals surface area contributed by atoms with Gasteiger partial charge in [0.05, 0.1) is 0 Å². The predicted molar refractivity (Wildman–Crippen MR) is 45.4 cm³/mol. The van der Waals surface area contributed by atoms with Crippen molar-refractivity contribution in [3.63, 3.8) is 0 Å². The maximum absolute atomic E-state index is 11.1. The van der Waals surface area contributed by atoms with E-state index in [2.05, 4.69) is 0 Å². The molecule has 2 nitrogen and oxygen atoms in total. The zero-order chi connectivity index (χ0) is 8.91. The minimum atomic E-state index is -1.17. The Kier molecular flexibility index (Phi) is 4.04. The minimum absolute atomic E-state index is 0.207. The van der Waals surface area contributed by atoms with E-state index in [9.17, 15) is 9.90 Å². The zero-order valence-corrected chi connectivity index (χ0v) is 7.42. The van der Waals surface area contributed by atoms with Crippen molar-refractivity contribution < 1.29 is 9.90 Å². The first-order chi connectivity index (χ1) is 5.04. The summed E-state index contributed by atoms with van der Waals surface area (Å²) in [6, 6.07) is 0. The van der Waals surface area contributed by atoms with Crippen molar-refractivity contribution in [1.29, 1.82) is 0 Å². The topological polar surface area (TPSA) is 37.3 Å². The summed E-state index contributed by atoms with van der Waals surface area (Å²) in [5.74, 6) is -0.207. The van der Waals surface area contributed by atoms with Crippen LogP contribution in [0.2, 0.25) is 0 Å². The van der Waals surface area contributed by atoms with Gasteiger partial charge in [-0.2, -0.15) is 0 Å². The fraction of sp³-hybridized carbons (Fsp3) is 0.667. The third-order valence-corrected chi connectivity index (χ3v) is 1.59. The molecule has 0 aromatic rings. The Morgan fingerprint density at radius 3 is 2.55 bits per heavy atom. The Bertz CT molecular complexity index is 157. The molecule has 0 saturated carbocycles. The lowest BCUT2D eigenvalue weighted by Crippen LogP contribution is -2.33. The normalized spacial score (nSPS) is 16.7. The number of rotatable bonds is 4. The van der Waals surface area contributed by atoms with Gasteiger partial charge in [0.15, 0.2) is 5.78 Å². The number of carbonyl (C=O) groups excluding carboxylic acids is 1. The van der Waals surface area contributed by atoms with Gasteiger partial charge in [-0.05, 0) is 26.3 Å². The van der Waals surface area contributed by atoms with Crippen LogP contribution in [0.5, 0.6) is 0 Å². The van der Waals surface area contributed by atoms with Crippen LogP contribution in [0.25, 0.3) is 0 Å². The maximum Gasteiger partial charge on any atom is 0.186 e. The van der Waals surface area contributed by atoms with E-state index in [0.29, 0.717) is 6.42 Å². The van der Waals surface area contributed by atoms with Crippen LogP contribution in [0, 0.1) is 0 Å². The second-order valence-electron chi connectivity index (χ2n) is 2.89. The third-order valence-electron chi connectivity index (χ3n) is 1.59. The number of ketones is 1. The molecule has 0 aliphatic rings. The van der Waals surface area contributed by atoms with E-state index in [1.807, 2.05) is 6.92 Å². The van der Waals surface area contributed by atoms with E-state index in [0.717, 1.165) is 6.42 Å². The molecular weight excluding hydrogens is 140 g/mol. The molecule has 0 heterocycles. The molecule has 1 unspecified atom stereocenters. The third kappa shape index (κ3) is 3.33. The van der Waals surface area contributed by atoms with Crippen LogP contribution in [0.15, 0.2) is 12.2 Å². The van der Waals surface area contributed by atoms with Gasteiger partial charge in [0.1, 0.15) is 5.60 Å². The standard InChI is InChI=1S/C9H16O2/c1-4-6-8(10)9(3,11)7-5-2/h4,6,11H,5,7H2,1-3H3/b6-4+. The molecule has 0 spiro atoms. The molecule has 0 bridgehead atoms. The number of carbonyl (C=O) groups is 1. The summed E-state index contributed by atoms with van der Waals surface area (Å²) in [6.07, 6.45) is 4.40. The van der Waals surface area contributed by atoms with Gasteiger partial charge in [-0.1, -0.05) is 19.4 Å². The first-order valence-corrected chi connectivity index (χ1v) is 3.94. The Labute approximate surface area is 67.9 Å². The van der Waals surface area contributed by atoms with Crippen molar-refractivity contribution in [2.24, 2.45) is 0 Å². The Hall–Kier alpha value is -0.630. The number of hydrogen-bond donors (Lipinski definition) is 1. The molecule has 0 amide bonds. The lowest BCUT2D eigenvalue weighted by molar-refractivity contribution is -0.131. The molecule has 0 aliphatic carbocycles. The molecular formula is C9H16O2. The second kappa shape index (κ2) is 4.29. The molecule has 1 N–H and O–H groups in total. The zero-order valence-electron chi connectivity index (χ0n) is 7.42. The SMILES string of the molecule is C/C=C/C(=O)C(C)(O)CCC. The lowest BCUT2D eigenvalue weighted by Gasteiger charge is -2.18. The average Bonchev–Trinajstić information content (AvgIpc) is 1.88. The van der Waals surface area contributed by atoms with Crippen molar-refractivity contribution in [2.45, 2.75) is 39.2 Å². The van der Waals surface area contributed by atoms with E-state index >= 15 is 0 Å². The molecule has 0 aromatic carbocycles. The van der Waals surface area contributed by atoms with Crippen LogP contribution >= 0.6 is 0 Å². The highest BCUT2D eigenvalue weighted by atomic mass is 16.3. The maximum atomic E-state index is 11.1. The van der Waals surface area contributed by atoms with Crippen LogP contribution in [-0.4, -0.2) is 16.5 Å². The Morgan fingerprint density at radius 1 is 1.64 bits per heavy atom. The number of hydrogen-bond acceptors (Lipinski definition) is 2. The fourth-order valence-corrected chi connectivity index (χ4v) is 0.941. The highest BCUT2D eigenvalue weighted by Crippen LogP contribution is 2.13. The molecule has 0 rings (SSSR count). The predicted octanol–water partition coefficient (Wildman–Crippen LogP) is 1.68. The summed E-state index contributed by atoms with van der Waals surface area (Å²) in [5.41, 5.74) is -1.17. The van der Waals surface area contributed by atoms with Crippen LogP contribution in [0.4, 0.5) is 0 Å². The van der Waals surface area contributed by atoms with Gasteiger partial charge < -0.3 is 5.11 Å². The summed E-state index contributed by atoms with van der Waals surface area (Å²) in [5, 5.41) is 9.51. The summed E-state index contributed by atoms with van der Waals surface area (Å²) in [7, 11) is 0. The summed E-state index contributed by atoms with van der Waals surface area (Å²) >= 11 is 0. The van der Waals surface area contributed by atoms with Gasteiger partial charge in [0.2, 0.25) is 0 Å². The molecule has 64 valence electrons. The van der Waals surface area contributed by atoms with E-state index < -0.39 is 5.60 Å². The summed E-state index contributed by atoms with van der Waals surface area (Å²) in [6.45, 7) is 5.26. The van der Waals surface area contributed by atoms with E-state index in [1.165, 1.54) is 6.08 Å². The molecule has 0 aromatic heterocycles. The van der Waals surface area contributed by atoms with Gasteiger partial charge in [-0.3, -0.25) is 4.79 Å². The lowest BCUT2D eigenvalue weighted by atomic mass is 9.95. The fourth-order valence-electron chi connectivity index (χ4n) is 0.941.